The molecular formula is C20H19N5O3. The Kier molecular flexibility index (Phi) is 6.14. The summed E-state index contributed by atoms with van der Waals surface area (Å²) in [4.78, 5) is 37.7. The van der Waals surface area contributed by atoms with Gasteiger partial charge in [-0.1, -0.05) is 30.4 Å². The summed E-state index contributed by atoms with van der Waals surface area (Å²) in [5, 5.41) is 12.2. The van der Waals surface area contributed by atoms with Crippen molar-refractivity contribution in [3.63, 3.8) is 0 Å². The lowest BCUT2D eigenvalue weighted by atomic mass is 10.1. The second-order valence-corrected chi connectivity index (χ2v) is 5.87. The second kappa shape index (κ2) is 9.13. The number of carbonyl (C=O) groups is 2. The Labute approximate surface area is 160 Å². The Bertz CT molecular complexity index is 1040. The Morgan fingerprint density at radius 3 is 2.43 bits per heavy atom. The molecule has 2 amide bonds. The van der Waals surface area contributed by atoms with E-state index in [2.05, 4.69) is 25.8 Å². The van der Waals surface area contributed by atoms with E-state index in [4.69, 9.17) is 0 Å². The van der Waals surface area contributed by atoms with Gasteiger partial charge >= 0.3 is 0 Å². The van der Waals surface area contributed by atoms with Crippen LogP contribution in [0.1, 0.15) is 20.8 Å². The molecule has 0 bridgehead atoms. The van der Waals surface area contributed by atoms with Crippen LogP contribution < -0.4 is 16.2 Å². The maximum atomic E-state index is 12.3. The molecule has 1 aromatic carbocycles. The van der Waals surface area contributed by atoms with Crippen LogP contribution in [0.4, 0.5) is 0 Å². The highest BCUT2D eigenvalue weighted by atomic mass is 16.2. The molecule has 0 radical (unpaired) electrons. The van der Waals surface area contributed by atoms with Crippen molar-refractivity contribution in [2.75, 3.05) is 13.1 Å². The van der Waals surface area contributed by atoms with Gasteiger partial charge in [-0.2, -0.15) is 5.10 Å². The first-order chi connectivity index (χ1) is 13.6. The minimum atomic E-state index is -0.373. The zero-order valence-corrected chi connectivity index (χ0v) is 14.9. The van der Waals surface area contributed by atoms with Crippen LogP contribution in [0.2, 0.25) is 0 Å². The molecule has 4 N–H and O–H groups in total. The third kappa shape index (κ3) is 5.04. The van der Waals surface area contributed by atoms with Gasteiger partial charge in [0.1, 0.15) is 5.69 Å². The van der Waals surface area contributed by atoms with E-state index in [9.17, 15) is 14.4 Å². The van der Waals surface area contributed by atoms with Crippen LogP contribution in [0.15, 0.2) is 71.7 Å². The van der Waals surface area contributed by atoms with Gasteiger partial charge in [-0.25, -0.2) is 0 Å². The summed E-state index contributed by atoms with van der Waals surface area (Å²) < 4.78 is 0. The molecule has 0 unspecified atom stereocenters. The van der Waals surface area contributed by atoms with Gasteiger partial charge in [0, 0.05) is 36.5 Å². The van der Waals surface area contributed by atoms with E-state index in [-0.39, 0.29) is 29.6 Å². The molecule has 28 heavy (non-hydrogen) atoms. The highest BCUT2D eigenvalue weighted by Crippen LogP contribution is 2.17. The monoisotopic (exact) mass is 377 g/mol. The first-order valence-electron chi connectivity index (χ1n) is 8.64. The summed E-state index contributed by atoms with van der Waals surface area (Å²) in [5.41, 5.74) is 2.13. The van der Waals surface area contributed by atoms with E-state index in [1.807, 2.05) is 18.2 Å². The van der Waals surface area contributed by atoms with Gasteiger partial charge < -0.3 is 15.6 Å². The number of H-pyrrole nitrogens is 2. The predicted octanol–water partition coefficient (Wildman–Crippen LogP) is 1.48. The SMILES string of the molecule is O=C(NC/C=C/CNC(=O)c1cccc(=O)[nH]1)c1cccc(-c2ccn[nH]2)c1. The standard InChI is InChI=1S/C20H19N5O3/c26-18-8-4-7-17(24-18)20(28)22-11-2-1-10-21-19(27)15-6-3-5-14(13-15)16-9-12-23-25-16/h1-9,12-13H,10-11H2,(H,21,27)(H,22,28)(H,23,25)(H,24,26)/b2-1+. The minimum Gasteiger partial charge on any atom is -0.349 e. The first-order valence-corrected chi connectivity index (χ1v) is 8.64. The predicted molar refractivity (Wildman–Crippen MR) is 105 cm³/mol. The van der Waals surface area contributed by atoms with Gasteiger partial charge in [-0.3, -0.25) is 19.5 Å². The fourth-order valence-corrected chi connectivity index (χ4v) is 2.49. The maximum Gasteiger partial charge on any atom is 0.268 e. The van der Waals surface area contributed by atoms with Gasteiger partial charge in [-0.05, 0) is 24.3 Å². The topological polar surface area (TPSA) is 120 Å². The van der Waals surface area contributed by atoms with E-state index in [0.717, 1.165) is 11.3 Å². The highest BCUT2D eigenvalue weighted by Gasteiger charge is 2.07. The molecular weight excluding hydrogens is 358 g/mol. The molecule has 3 aromatic rings. The van der Waals surface area contributed by atoms with Gasteiger partial charge in [0.05, 0.1) is 5.69 Å². The Hall–Kier alpha value is -3.94. The van der Waals surface area contributed by atoms with E-state index in [1.54, 1.807) is 30.5 Å². The van der Waals surface area contributed by atoms with Crippen LogP contribution in [-0.2, 0) is 0 Å². The quantitative estimate of drug-likeness (QED) is 0.466. The lowest BCUT2D eigenvalue weighted by molar-refractivity contribution is 0.0945. The zero-order chi connectivity index (χ0) is 19.8. The lowest BCUT2D eigenvalue weighted by Crippen LogP contribution is -2.26. The molecule has 2 heterocycles. The number of nitrogens with one attached hydrogen (secondary N) is 4. The number of amides is 2. The summed E-state index contributed by atoms with van der Waals surface area (Å²) in [7, 11) is 0. The van der Waals surface area contributed by atoms with Crippen molar-refractivity contribution in [3.05, 3.63) is 88.5 Å². The molecule has 0 fully saturated rings. The Morgan fingerprint density at radius 1 is 0.964 bits per heavy atom. The molecule has 0 spiro atoms. The Morgan fingerprint density at radius 2 is 1.71 bits per heavy atom. The van der Waals surface area contributed by atoms with Crippen molar-refractivity contribution in [3.8, 4) is 11.3 Å². The van der Waals surface area contributed by atoms with Crippen molar-refractivity contribution in [1.29, 1.82) is 0 Å². The molecule has 0 saturated heterocycles. The summed E-state index contributed by atoms with van der Waals surface area (Å²) in [6, 6.07) is 13.4. The molecule has 0 saturated carbocycles. The van der Waals surface area contributed by atoms with Gasteiger partial charge in [0.25, 0.3) is 11.8 Å². The average Bonchev–Trinajstić information content (AvgIpc) is 3.25. The number of rotatable bonds is 7. The van der Waals surface area contributed by atoms with Crippen LogP contribution >= 0.6 is 0 Å². The van der Waals surface area contributed by atoms with E-state index < -0.39 is 0 Å². The molecule has 2 aromatic heterocycles. The molecule has 142 valence electrons. The van der Waals surface area contributed by atoms with Gasteiger partial charge in [-0.15, -0.1) is 0 Å². The van der Waals surface area contributed by atoms with Crippen LogP contribution in [0.25, 0.3) is 11.3 Å². The summed E-state index contributed by atoms with van der Waals surface area (Å²) in [6.07, 6.45) is 5.12. The minimum absolute atomic E-state index is 0.197. The van der Waals surface area contributed by atoms with Crippen molar-refractivity contribution in [2.45, 2.75) is 0 Å². The third-order valence-electron chi connectivity index (χ3n) is 3.88. The van der Waals surface area contributed by atoms with Gasteiger partial charge in [0.15, 0.2) is 0 Å². The third-order valence-corrected chi connectivity index (χ3v) is 3.88. The van der Waals surface area contributed by atoms with Crippen LogP contribution in [0.3, 0.4) is 0 Å². The molecule has 8 heteroatoms. The van der Waals surface area contributed by atoms with E-state index in [0.29, 0.717) is 12.1 Å². The number of hydrogen-bond acceptors (Lipinski definition) is 4. The second-order valence-electron chi connectivity index (χ2n) is 5.87. The summed E-state index contributed by atoms with van der Waals surface area (Å²) >= 11 is 0. The molecule has 0 atom stereocenters. The zero-order valence-electron chi connectivity index (χ0n) is 14.9. The molecule has 0 aliphatic rings. The van der Waals surface area contributed by atoms with Crippen molar-refractivity contribution in [2.24, 2.45) is 0 Å². The van der Waals surface area contributed by atoms with Crippen LogP contribution in [-0.4, -0.2) is 40.1 Å². The Balaban J connectivity index is 1.45. The number of nitrogens with zero attached hydrogens (tertiary/aromatic N) is 1. The first kappa shape index (κ1) is 18.8. The van der Waals surface area contributed by atoms with E-state index in [1.165, 1.54) is 18.2 Å². The van der Waals surface area contributed by atoms with Crippen LogP contribution in [0.5, 0.6) is 0 Å². The van der Waals surface area contributed by atoms with Gasteiger partial charge in [0.2, 0.25) is 5.56 Å². The number of hydrogen-bond donors (Lipinski definition) is 4. The number of carbonyl (C=O) groups excluding carboxylic acids is 2. The largest absolute Gasteiger partial charge is 0.349 e. The molecule has 3 rings (SSSR count). The number of pyridine rings is 1. The maximum absolute atomic E-state index is 12.3. The molecule has 0 aliphatic heterocycles. The number of benzene rings is 1. The smallest absolute Gasteiger partial charge is 0.268 e. The normalized spacial score (nSPS) is 10.7. The number of aromatic nitrogens is 3. The molecule has 0 aliphatic carbocycles. The number of aromatic amines is 2. The van der Waals surface area contributed by atoms with E-state index >= 15 is 0 Å². The highest BCUT2D eigenvalue weighted by molar-refractivity contribution is 5.95. The summed E-state index contributed by atoms with van der Waals surface area (Å²) in [5.74, 6) is -0.570. The average molecular weight is 377 g/mol. The lowest BCUT2D eigenvalue weighted by Gasteiger charge is -2.05. The fraction of sp³-hybridized carbons (Fsp3) is 0.100. The summed E-state index contributed by atoms with van der Waals surface area (Å²) in [6.45, 7) is 0.603. The van der Waals surface area contributed by atoms with Crippen molar-refractivity contribution < 1.29 is 9.59 Å². The van der Waals surface area contributed by atoms with Crippen molar-refractivity contribution >= 4 is 11.8 Å². The van der Waals surface area contributed by atoms with Crippen LogP contribution in [0, 0.1) is 0 Å². The molecule has 8 nitrogen and oxygen atoms in total. The fourth-order valence-electron chi connectivity index (χ4n) is 2.49. The van der Waals surface area contributed by atoms with Crippen molar-refractivity contribution in [1.82, 2.24) is 25.8 Å².